The predicted molar refractivity (Wildman–Crippen MR) is 288 cm³/mol. The lowest BCUT2D eigenvalue weighted by molar-refractivity contribution is -0.177. The number of nitrogens with two attached hydrogens (primary N) is 1. The highest BCUT2D eigenvalue weighted by molar-refractivity contribution is 6.25. The van der Waals surface area contributed by atoms with Gasteiger partial charge in [-0.2, -0.15) is 0 Å². The summed E-state index contributed by atoms with van der Waals surface area (Å²) in [7, 11) is 0. The molecule has 3 fully saturated rings. The molecule has 6 aromatic carbocycles. The van der Waals surface area contributed by atoms with E-state index in [0.29, 0.717) is 59.9 Å². The summed E-state index contributed by atoms with van der Waals surface area (Å²) >= 11 is 0. The third kappa shape index (κ3) is 9.92. The van der Waals surface area contributed by atoms with Crippen LogP contribution in [0.4, 0.5) is 26.7 Å². The van der Waals surface area contributed by atoms with Crippen molar-refractivity contribution >= 4 is 52.8 Å². The number of aliphatic hydroxyl groups excluding tert-OH is 1. The van der Waals surface area contributed by atoms with Gasteiger partial charge in [-0.1, -0.05) is 115 Å². The van der Waals surface area contributed by atoms with Gasteiger partial charge in [0, 0.05) is 50.0 Å². The number of hydrogen-bond acceptors (Lipinski definition) is 11. The number of anilines is 3. The van der Waals surface area contributed by atoms with Crippen molar-refractivity contribution in [3.63, 3.8) is 0 Å². The molecule has 6 N–H and O–H groups in total. The van der Waals surface area contributed by atoms with E-state index in [1.165, 1.54) is 0 Å². The summed E-state index contributed by atoms with van der Waals surface area (Å²) < 4.78 is 12.7. The smallest absolute Gasteiger partial charge is 0.329 e. The fourth-order valence-corrected chi connectivity index (χ4v) is 11.5. The molecule has 7 atom stereocenters. The van der Waals surface area contributed by atoms with Crippen molar-refractivity contribution in [1.82, 2.24) is 20.4 Å². The second-order valence-corrected chi connectivity index (χ2v) is 19.4. The van der Waals surface area contributed by atoms with Gasteiger partial charge < -0.3 is 46.1 Å². The molecule has 4 aliphatic rings. The monoisotopic (exact) mass is 1030 g/mol. The topological polar surface area (TPSA) is 216 Å². The largest absolute Gasteiger partial charge is 0.491 e. The average Bonchev–Trinajstić information content (AvgIpc) is 2.64. The molecule has 3 saturated heterocycles. The highest BCUT2D eigenvalue weighted by atomic mass is 16.6. The number of nitrogens with zero attached hydrogens (tertiary/aromatic N) is 4. The van der Waals surface area contributed by atoms with Crippen LogP contribution in [-0.2, 0) is 29.3 Å². The number of cyclic esters (lactones) is 1. The van der Waals surface area contributed by atoms with Crippen molar-refractivity contribution < 1.29 is 43.3 Å². The number of carbonyl (C=O) groups is 6. The van der Waals surface area contributed by atoms with Crippen molar-refractivity contribution in [2.24, 2.45) is 11.7 Å². The van der Waals surface area contributed by atoms with Crippen LogP contribution in [0.5, 0.6) is 5.75 Å². The summed E-state index contributed by atoms with van der Waals surface area (Å²) in [5.74, 6) is 2.44. The van der Waals surface area contributed by atoms with Crippen LogP contribution in [0, 0.1) is 17.8 Å². The molecule has 0 radical (unpaired) electrons. The van der Waals surface area contributed by atoms with Gasteiger partial charge in [-0.15, -0.1) is 0 Å². The van der Waals surface area contributed by atoms with Gasteiger partial charge in [0.2, 0.25) is 17.7 Å². The van der Waals surface area contributed by atoms with Crippen LogP contribution in [0.15, 0.2) is 158 Å². The van der Waals surface area contributed by atoms with E-state index in [9.17, 15) is 14.7 Å². The van der Waals surface area contributed by atoms with E-state index in [1.54, 1.807) is 73.3 Å². The molecule has 77 heavy (non-hydrogen) atoms. The minimum Gasteiger partial charge on any atom is -0.491 e. The standard InChI is InChI=1S/C60H58N8O9/c1-38(41-15-6-3-7-16-41)63-59(75)67-49-28-23-40(14-13-29-62-58(61)74)36-48(49)60(57(67)73)50(55(71)64-45-24-26-46(27-25-45)66-32-30-65(31-33-66)39(2)70)52-56(72)77-53(43-19-10-5-11-20-43)51(42-17-8-4-9-18-42)68(52)54(60)44-21-12-22-47(37-44)76-35-34-69/h3-12,15-28,36-38,50-54,69H,29-35H2,1-2H3,(H,63,75)(H,64,71)(H3,61,62,74)/t38-,50+,51+,52?,53-,54-,60+/m0/s1. The average molecular weight is 1040 g/mol. The number of amides is 7. The van der Waals surface area contributed by atoms with Crippen LogP contribution in [0.1, 0.15) is 71.5 Å². The fourth-order valence-electron chi connectivity index (χ4n) is 11.5. The fraction of sp³-hybridized carbons (Fsp3) is 0.267. The number of imide groups is 1. The molecule has 0 aromatic heterocycles. The molecule has 0 aliphatic carbocycles. The molecule has 0 bridgehead atoms. The van der Waals surface area contributed by atoms with Crippen molar-refractivity contribution in [2.45, 2.75) is 49.5 Å². The first-order chi connectivity index (χ1) is 37.4. The maximum atomic E-state index is 16.8. The number of fused-ring (bicyclic) bond motifs is 3. The van der Waals surface area contributed by atoms with Crippen LogP contribution < -0.4 is 36.2 Å². The minimum absolute atomic E-state index is 0.0129. The van der Waals surface area contributed by atoms with Gasteiger partial charge >= 0.3 is 18.0 Å². The minimum atomic E-state index is -2.13. The van der Waals surface area contributed by atoms with E-state index < -0.39 is 71.5 Å². The van der Waals surface area contributed by atoms with Crippen LogP contribution in [0.25, 0.3) is 0 Å². The third-order valence-electron chi connectivity index (χ3n) is 14.9. The summed E-state index contributed by atoms with van der Waals surface area (Å²) in [5.41, 5.74) is 7.84. The Kier molecular flexibility index (Phi) is 14.8. The zero-order valence-electron chi connectivity index (χ0n) is 42.5. The zero-order chi connectivity index (χ0) is 53.8. The van der Waals surface area contributed by atoms with Crippen molar-refractivity contribution in [3.05, 3.63) is 191 Å². The van der Waals surface area contributed by atoms with Crippen molar-refractivity contribution in [3.8, 4) is 17.6 Å². The number of morpholine rings is 1. The number of ether oxygens (including phenoxy) is 2. The summed E-state index contributed by atoms with van der Waals surface area (Å²) in [6.07, 6.45) is -0.973. The van der Waals surface area contributed by atoms with Gasteiger partial charge in [-0.25, -0.2) is 14.5 Å². The summed E-state index contributed by atoms with van der Waals surface area (Å²) in [5, 5.41) is 18.5. The lowest BCUT2D eigenvalue weighted by atomic mass is 9.65. The maximum absolute atomic E-state index is 16.8. The van der Waals surface area contributed by atoms with Gasteiger partial charge in [-0.3, -0.25) is 24.1 Å². The molecule has 17 nitrogen and oxygen atoms in total. The zero-order valence-corrected chi connectivity index (χ0v) is 42.5. The number of esters is 1. The Labute approximate surface area is 445 Å². The van der Waals surface area contributed by atoms with Gasteiger partial charge in [0.15, 0.2) is 0 Å². The quantitative estimate of drug-likeness (QED) is 0.0657. The Bertz CT molecular complexity index is 3250. The van der Waals surface area contributed by atoms with Gasteiger partial charge in [0.05, 0.1) is 42.9 Å². The number of nitrogens with one attached hydrogen (secondary N) is 3. The molecule has 392 valence electrons. The Morgan fingerprint density at radius 3 is 2.12 bits per heavy atom. The van der Waals surface area contributed by atoms with Crippen LogP contribution in [0.2, 0.25) is 0 Å². The number of urea groups is 2. The first-order valence-corrected chi connectivity index (χ1v) is 25.6. The number of piperazine rings is 1. The van der Waals surface area contributed by atoms with Gasteiger partial charge in [0.25, 0.3) is 0 Å². The molecule has 1 spiro atoms. The van der Waals surface area contributed by atoms with Gasteiger partial charge in [-0.05, 0) is 89.3 Å². The SMILES string of the molecule is CC(=O)N1CCN(c2ccc(NC(=O)[C@H]3C4C(=O)O[C@@H](c5ccccc5)[C@@H](c5ccccc5)N4[C@@H](c4cccc(OCCO)c4)[C@]34C(=O)N(C(=O)N[C@@H](C)c3ccccc3)c3ccc(C#CCNC(N)=O)cc34)cc2)CC1. The normalized spacial score (nSPS) is 22.0. The van der Waals surface area contributed by atoms with Crippen LogP contribution in [0.3, 0.4) is 0 Å². The molecular weight excluding hydrogens is 977 g/mol. The third-order valence-corrected chi connectivity index (χ3v) is 14.9. The summed E-state index contributed by atoms with van der Waals surface area (Å²) in [4.78, 5) is 94.7. The van der Waals surface area contributed by atoms with Crippen LogP contribution >= 0.6 is 0 Å². The highest BCUT2D eigenvalue weighted by Gasteiger charge is 2.75. The Morgan fingerprint density at radius 2 is 1.45 bits per heavy atom. The molecule has 17 heteroatoms. The first kappa shape index (κ1) is 51.5. The van der Waals surface area contributed by atoms with E-state index in [1.807, 2.05) is 108 Å². The molecule has 1 unspecified atom stereocenters. The van der Waals surface area contributed by atoms with Crippen LogP contribution in [-0.4, -0.2) is 103 Å². The predicted octanol–water partition coefficient (Wildman–Crippen LogP) is 6.52. The lowest BCUT2D eigenvalue weighted by Gasteiger charge is -2.46. The number of aliphatic hydroxyl groups is 1. The number of benzene rings is 6. The summed E-state index contributed by atoms with van der Waals surface area (Å²) in [6, 6.07) is 41.5. The second kappa shape index (κ2) is 22.1. The lowest BCUT2D eigenvalue weighted by Crippen LogP contribution is -2.55. The first-order valence-electron chi connectivity index (χ1n) is 25.6. The molecule has 7 amide bonds. The Hall–Kier alpha value is -8.98. The number of carbonyl (C=O) groups excluding carboxylic acids is 6. The van der Waals surface area contributed by atoms with E-state index in [4.69, 9.17) is 15.2 Å². The van der Waals surface area contributed by atoms with E-state index in [2.05, 4.69) is 32.7 Å². The highest BCUT2D eigenvalue weighted by Crippen LogP contribution is 2.66. The molecule has 6 aromatic rings. The molecule has 4 heterocycles. The number of hydrogen-bond donors (Lipinski definition) is 5. The Balaban J connectivity index is 1.21. The molecular formula is C60H58N8O9. The molecule has 10 rings (SSSR count). The second-order valence-electron chi connectivity index (χ2n) is 19.4. The van der Waals surface area contributed by atoms with E-state index >= 15 is 19.2 Å². The Morgan fingerprint density at radius 1 is 0.792 bits per heavy atom. The molecule has 0 saturated carbocycles. The maximum Gasteiger partial charge on any atom is 0.329 e. The number of primary amides is 1. The van der Waals surface area contributed by atoms with E-state index in [0.717, 1.165) is 16.2 Å². The van der Waals surface area contributed by atoms with Crippen molar-refractivity contribution in [1.29, 1.82) is 0 Å². The molecule has 4 aliphatic heterocycles. The summed E-state index contributed by atoms with van der Waals surface area (Å²) in [6.45, 7) is 5.25. The van der Waals surface area contributed by atoms with Crippen molar-refractivity contribution in [2.75, 3.05) is 61.1 Å². The number of rotatable bonds is 12. The van der Waals surface area contributed by atoms with Gasteiger partial charge in [0.1, 0.15) is 29.9 Å². The van der Waals surface area contributed by atoms with E-state index in [-0.39, 0.29) is 36.9 Å².